The molecule has 2 aromatic rings. The lowest BCUT2D eigenvalue weighted by atomic mass is 10.1. The molecule has 1 unspecified atom stereocenters. The first kappa shape index (κ1) is 19.4. The smallest absolute Gasteiger partial charge is 0.223 e. The Balaban J connectivity index is 1.48. The van der Waals surface area contributed by atoms with Gasteiger partial charge in [-0.3, -0.25) is 9.69 Å². The Bertz CT molecular complexity index is 760. The lowest BCUT2D eigenvalue weighted by Gasteiger charge is -2.26. The van der Waals surface area contributed by atoms with Crippen molar-refractivity contribution in [2.75, 3.05) is 25.9 Å². The van der Waals surface area contributed by atoms with Crippen LogP contribution in [0.15, 0.2) is 28.8 Å². The van der Waals surface area contributed by atoms with Crippen molar-refractivity contribution in [2.45, 2.75) is 51.6 Å². The van der Waals surface area contributed by atoms with Crippen LogP contribution in [0, 0.1) is 6.92 Å². The Morgan fingerprint density at radius 1 is 1.33 bits per heavy atom. The number of nitrogens with zero attached hydrogens (tertiary/aromatic N) is 4. The number of rotatable bonds is 6. The maximum atomic E-state index is 12.6. The average molecular weight is 371 g/mol. The van der Waals surface area contributed by atoms with Crippen molar-refractivity contribution >= 4 is 11.7 Å². The zero-order chi connectivity index (χ0) is 19.2. The summed E-state index contributed by atoms with van der Waals surface area (Å²) in [4.78, 5) is 25.4. The molecular weight excluding hydrogens is 342 g/mol. The molecule has 3 heterocycles. The van der Waals surface area contributed by atoms with Crippen LogP contribution in [0.5, 0.6) is 0 Å². The van der Waals surface area contributed by atoms with Crippen LogP contribution in [0.1, 0.15) is 43.0 Å². The van der Waals surface area contributed by atoms with Crippen molar-refractivity contribution in [1.29, 1.82) is 0 Å². The first-order chi connectivity index (χ1) is 13.0. The van der Waals surface area contributed by atoms with Gasteiger partial charge in [-0.2, -0.15) is 0 Å². The van der Waals surface area contributed by atoms with Gasteiger partial charge in [-0.15, -0.1) is 0 Å². The van der Waals surface area contributed by atoms with Gasteiger partial charge in [-0.05, 0) is 51.4 Å². The predicted octanol–water partition coefficient (Wildman–Crippen LogP) is 2.41. The number of aryl methyl sites for hydroxylation is 2. The van der Waals surface area contributed by atoms with Crippen LogP contribution in [0.2, 0.25) is 0 Å². The standard InChI is InChI=1S/C20H29N5O2/c1-15-5-6-17(27-15)7-8-20(26)25-12-3-4-16(10-13-25)24(2)14-19-22-11-9-18(21)23-19/h5-6,9,11,16H,3-4,7-8,10,12-14H2,1-2H3,(H2,21,22,23). The first-order valence-corrected chi connectivity index (χ1v) is 9.62. The van der Waals surface area contributed by atoms with Crippen LogP contribution >= 0.6 is 0 Å². The lowest BCUT2D eigenvalue weighted by Crippen LogP contribution is -2.35. The van der Waals surface area contributed by atoms with Gasteiger partial charge in [0.05, 0.1) is 6.54 Å². The summed E-state index contributed by atoms with van der Waals surface area (Å²) in [6.45, 7) is 4.21. The maximum absolute atomic E-state index is 12.6. The fourth-order valence-electron chi connectivity index (χ4n) is 3.62. The van der Waals surface area contributed by atoms with Gasteiger partial charge in [-0.25, -0.2) is 9.97 Å². The number of likely N-dealkylation sites (tertiary alicyclic amines) is 1. The predicted molar refractivity (Wildman–Crippen MR) is 104 cm³/mol. The van der Waals surface area contributed by atoms with E-state index < -0.39 is 0 Å². The molecule has 27 heavy (non-hydrogen) atoms. The van der Waals surface area contributed by atoms with E-state index in [4.69, 9.17) is 10.2 Å². The van der Waals surface area contributed by atoms with E-state index >= 15 is 0 Å². The molecule has 7 heteroatoms. The number of furan rings is 1. The molecule has 1 aliphatic heterocycles. The molecule has 1 fully saturated rings. The number of aromatic nitrogens is 2. The molecule has 146 valence electrons. The number of hydrogen-bond donors (Lipinski definition) is 1. The van der Waals surface area contributed by atoms with Crippen LogP contribution < -0.4 is 5.73 Å². The highest BCUT2D eigenvalue weighted by Crippen LogP contribution is 2.18. The summed E-state index contributed by atoms with van der Waals surface area (Å²) in [5.74, 6) is 3.23. The lowest BCUT2D eigenvalue weighted by molar-refractivity contribution is -0.131. The fourth-order valence-corrected chi connectivity index (χ4v) is 3.62. The van der Waals surface area contributed by atoms with Crippen molar-refractivity contribution in [3.05, 3.63) is 41.7 Å². The number of hydrogen-bond acceptors (Lipinski definition) is 6. The summed E-state index contributed by atoms with van der Waals surface area (Å²) in [6, 6.07) is 6.01. The van der Waals surface area contributed by atoms with Crippen molar-refractivity contribution in [2.24, 2.45) is 0 Å². The van der Waals surface area contributed by atoms with Crippen molar-refractivity contribution in [1.82, 2.24) is 19.8 Å². The SMILES string of the molecule is Cc1ccc(CCC(=O)N2CCCC(N(C)Cc3nccc(N)n3)CC2)o1. The average Bonchev–Trinajstić information content (AvgIpc) is 2.90. The zero-order valence-electron chi connectivity index (χ0n) is 16.2. The van der Waals surface area contributed by atoms with E-state index in [1.165, 1.54) is 0 Å². The molecule has 0 aromatic carbocycles. The Hall–Kier alpha value is -2.41. The molecule has 2 N–H and O–H groups in total. The van der Waals surface area contributed by atoms with Gasteiger partial charge in [0.1, 0.15) is 23.2 Å². The highest BCUT2D eigenvalue weighted by molar-refractivity contribution is 5.76. The summed E-state index contributed by atoms with van der Waals surface area (Å²) in [5, 5.41) is 0. The summed E-state index contributed by atoms with van der Waals surface area (Å²) in [5.41, 5.74) is 5.74. The normalized spacial score (nSPS) is 17.9. The third-order valence-corrected chi connectivity index (χ3v) is 5.17. The van der Waals surface area contributed by atoms with E-state index in [0.29, 0.717) is 31.2 Å². The van der Waals surface area contributed by atoms with Gasteiger partial charge in [0.25, 0.3) is 0 Å². The molecule has 0 spiro atoms. The Morgan fingerprint density at radius 3 is 2.93 bits per heavy atom. The molecule has 3 rings (SSSR count). The van der Waals surface area contributed by atoms with Crippen LogP contribution in [-0.2, 0) is 17.8 Å². The third-order valence-electron chi connectivity index (χ3n) is 5.17. The maximum Gasteiger partial charge on any atom is 0.223 e. The van der Waals surface area contributed by atoms with Crippen LogP contribution in [0.3, 0.4) is 0 Å². The van der Waals surface area contributed by atoms with Crippen molar-refractivity contribution < 1.29 is 9.21 Å². The van der Waals surface area contributed by atoms with E-state index in [1.54, 1.807) is 12.3 Å². The number of nitrogen functional groups attached to an aromatic ring is 1. The fraction of sp³-hybridized carbons (Fsp3) is 0.550. The summed E-state index contributed by atoms with van der Waals surface area (Å²) in [7, 11) is 2.09. The second-order valence-corrected chi connectivity index (χ2v) is 7.29. The Kier molecular flexibility index (Phi) is 6.45. The van der Waals surface area contributed by atoms with Gasteiger partial charge in [-0.1, -0.05) is 0 Å². The van der Waals surface area contributed by atoms with Gasteiger partial charge in [0, 0.05) is 38.2 Å². The van der Waals surface area contributed by atoms with Crippen molar-refractivity contribution in [3.63, 3.8) is 0 Å². The molecule has 0 aliphatic carbocycles. The minimum absolute atomic E-state index is 0.214. The molecule has 1 amide bonds. The molecule has 0 bridgehead atoms. The van der Waals surface area contributed by atoms with Gasteiger partial charge >= 0.3 is 0 Å². The highest BCUT2D eigenvalue weighted by Gasteiger charge is 2.23. The minimum atomic E-state index is 0.214. The number of amides is 1. The van der Waals surface area contributed by atoms with E-state index in [9.17, 15) is 4.79 Å². The largest absolute Gasteiger partial charge is 0.466 e. The second-order valence-electron chi connectivity index (χ2n) is 7.29. The summed E-state index contributed by atoms with van der Waals surface area (Å²) in [6.07, 6.45) is 5.91. The number of carbonyl (C=O) groups is 1. The molecular formula is C20H29N5O2. The molecule has 1 aliphatic rings. The van der Waals surface area contributed by atoms with E-state index in [-0.39, 0.29) is 5.91 Å². The van der Waals surface area contributed by atoms with Crippen LogP contribution in [0.4, 0.5) is 5.82 Å². The third kappa shape index (κ3) is 5.53. The number of nitrogens with two attached hydrogens (primary N) is 1. The zero-order valence-corrected chi connectivity index (χ0v) is 16.2. The van der Waals surface area contributed by atoms with E-state index in [2.05, 4.69) is 21.9 Å². The molecule has 1 atom stereocenters. The van der Waals surface area contributed by atoms with E-state index in [0.717, 1.165) is 49.7 Å². The van der Waals surface area contributed by atoms with Gasteiger partial charge in [0.15, 0.2) is 0 Å². The summed E-state index contributed by atoms with van der Waals surface area (Å²) >= 11 is 0. The Labute approximate surface area is 160 Å². The van der Waals surface area contributed by atoms with Crippen LogP contribution in [-0.4, -0.2) is 51.9 Å². The number of carbonyl (C=O) groups excluding carboxylic acids is 1. The minimum Gasteiger partial charge on any atom is -0.466 e. The highest BCUT2D eigenvalue weighted by atomic mass is 16.3. The van der Waals surface area contributed by atoms with E-state index in [1.807, 2.05) is 24.0 Å². The summed E-state index contributed by atoms with van der Waals surface area (Å²) < 4.78 is 5.56. The van der Waals surface area contributed by atoms with Gasteiger partial charge in [0.2, 0.25) is 5.91 Å². The quantitative estimate of drug-likeness (QED) is 0.839. The second kappa shape index (κ2) is 8.99. The topological polar surface area (TPSA) is 88.5 Å². The molecule has 0 saturated carbocycles. The Morgan fingerprint density at radius 2 is 2.19 bits per heavy atom. The van der Waals surface area contributed by atoms with Crippen LogP contribution in [0.25, 0.3) is 0 Å². The number of anilines is 1. The molecule has 7 nitrogen and oxygen atoms in total. The molecule has 0 radical (unpaired) electrons. The monoisotopic (exact) mass is 371 g/mol. The van der Waals surface area contributed by atoms with Crippen molar-refractivity contribution in [3.8, 4) is 0 Å². The molecule has 2 aromatic heterocycles. The van der Waals surface area contributed by atoms with Gasteiger partial charge < -0.3 is 15.1 Å². The molecule has 1 saturated heterocycles. The first-order valence-electron chi connectivity index (χ1n) is 9.62.